The zero-order valence-corrected chi connectivity index (χ0v) is 8.99. The zero-order chi connectivity index (χ0) is 13.6. The smallest absolute Gasteiger partial charge is 0.373 e. The molecule has 1 aliphatic heterocycles. The van der Waals surface area contributed by atoms with Crippen molar-refractivity contribution in [2.45, 2.75) is 31.2 Å². The van der Waals surface area contributed by atoms with Gasteiger partial charge in [0.25, 0.3) is 0 Å². The summed E-state index contributed by atoms with van der Waals surface area (Å²) in [6, 6.07) is 1.47. The number of aryl methyl sites for hydroxylation is 1. The number of anilines is 1. The molecule has 0 spiro atoms. The number of fused-ring (bicyclic) bond motifs is 1. The van der Waals surface area contributed by atoms with E-state index in [0.29, 0.717) is 0 Å². The lowest BCUT2D eigenvalue weighted by Crippen LogP contribution is -2.39. The van der Waals surface area contributed by atoms with Gasteiger partial charge in [0.1, 0.15) is 6.04 Å². The molecule has 1 aromatic carbocycles. The van der Waals surface area contributed by atoms with Crippen LogP contribution in [0.25, 0.3) is 0 Å². The van der Waals surface area contributed by atoms with E-state index in [4.69, 9.17) is 0 Å². The molecule has 1 aromatic rings. The second kappa shape index (κ2) is 4.07. The van der Waals surface area contributed by atoms with Crippen molar-refractivity contribution in [3.05, 3.63) is 29.3 Å². The van der Waals surface area contributed by atoms with Crippen LogP contribution in [0.2, 0.25) is 0 Å². The van der Waals surface area contributed by atoms with Crippen molar-refractivity contribution in [2.24, 2.45) is 0 Å². The molecule has 1 aliphatic rings. The molecule has 0 aliphatic carbocycles. The normalized spacial score (nSPS) is 20.2. The first-order valence-electron chi connectivity index (χ1n) is 5.22. The standard InChI is InChI=1S/C11H9F6N/c12-10(13,14)7-3-1-2-6-4-5-8(11(15,16)17)18-9(6)7/h1-3,8,18H,4-5H2. The lowest BCUT2D eigenvalue weighted by atomic mass is 9.94. The minimum absolute atomic E-state index is 0.0174. The van der Waals surface area contributed by atoms with Crippen molar-refractivity contribution in [1.29, 1.82) is 0 Å². The molecule has 0 saturated heterocycles. The van der Waals surface area contributed by atoms with Crippen LogP contribution in [0.15, 0.2) is 18.2 Å². The molecule has 18 heavy (non-hydrogen) atoms. The molecule has 0 amide bonds. The summed E-state index contributed by atoms with van der Waals surface area (Å²) in [6.07, 6.45) is -9.48. The molecule has 100 valence electrons. The topological polar surface area (TPSA) is 12.0 Å². The predicted octanol–water partition coefficient (Wildman–Crippen LogP) is 3.99. The molecule has 0 saturated carbocycles. The maximum atomic E-state index is 12.7. The van der Waals surface area contributed by atoms with Crippen LogP contribution in [0.4, 0.5) is 32.0 Å². The Hall–Kier alpha value is -1.40. The number of hydrogen-bond acceptors (Lipinski definition) is 1. The zero-order valence-electron chi connectivity index (χ0n) is 8.99. The van der Waals surface area contributed by atoms with Gasteiger partial charge in [-0.1, -0.05) is 12.1 Å². The Balaban J connectivity index is 2.41. The first kappa shape index (κ1) is 13.0. The van der Waals surface area contributed by atoms with Gasteiger partial charge in [-0.05, 0) is 24.5 Å². The second-order valence-corrected chi connectivity index (χ2v) is 4.11. The van der Waals surface area contributed by atoms with Gasteiger partial charge in [-0.25, -0.2) is 0 Å². The van der Waals surface area contributed by atoms with Crippen molar-refractivity contribution in [1.82, 2.24) is 0 Å². The van der Waals surface area contributed by atoms with Crippen LogP contribution < -0.4 is 5.32 Å². The van der Waals surface area contributed by atoms with Crippen molar-refractivity contribution in [2.75, 3.05) is 5.32 Å². The first-order valence-corrected chi connectivity index (χ1v) is 5.22. The number of hydrogen-bond donors (Lipinski definition) is 1. The van der Waals surface area contributed by atoms with E-state index in [9.17, 15) is 26.3 Å². The minimum atomic E-state index is -4.66. The fraction of sp³-hybridized carbons (Fsp3) is 0.455. The molecule has 1 unspecified atom stereocenters. The Bertz CT molecular complexity index is 448. The molecule has 2 rings (SSSR count). The summed E-state index contributed by atoms with van der Waals surface area (Å²) >= 11 is 0. The highest BCUT2D eigenvalue weighted by Gasteiger charge is 2.43. The maximum Gasteiger partial charge on any atom is 0.418 e. The summed E-state index contributed by atoms with van der Waals surface area (Å²) in [6.45, 7) is 0. The molecule has 1 nitrogen and oxygen atoms in total. The summed E-state index contributed by atoms with van der Waals surface area (Å²) in [5.41, 5.74) is -1.22. The van der Waals surface area contributed by atoms with Gasteiger partial charge < -0.3 is 5.32 Å². The van der Waals surface area contributed by atoms with Gasteiger partial charge in [-0.3, -0.25) is 0 Å². The fourth-order valence-corrected chi connectivity index (χ4v) is 2.01. The van der Waals surface area contributed by atoms with E-state index < -0.39 is 29.6 Å². The molecule has 0 aromatic heterocycles. The van der Waals surface area contributed by atoms with Crippen molar-refractivity contribution in [3.8, 4) is 0 Å². The Morgan fingerprint density at radius 2 is 1.72 bits per heavy atom. The van der Waals surface area contributed by atoms with E-state index in [1.165, 1.54) is 12.1 Å². The molecular weight excluding hydrogens is 260 g/mol. The van der Waals surface area contributed by atoms with Gasteiger partial charge in [0.05, 0.1) is 11.3 Å². The number of nitrogens with one attached hydrogen (secondary N) is 1. The number of alkyl halides is 6. The molecule has 1 heterocycles. The Morgan fingerprint density at radius 1 is 1.06 bits per heavy atom. The van der Waals surface area contributed by atoms with Crippen LogP contribution >= 0.6 is 0 Å². The van der Waals surface area contributed by atoms with Crippen molar-refractivity contribution < 1.29 is 26.3 Å². The second-order valence-electron chi connectivity index (χ2n) is 4.11. The van der Waals surface area contributed by atoms with Gasteiger partial charge in [0.2, 0.25) is 0 Å². The minimum Gasteiger partial charge on any atom is -0.373 e. The lowest BCUT2D eigenvalue weighted by molar-refractivity contribution is -0.146. The van der Waals surface area contributed by atoms with E-state index in [2.05, 4.69) is 0 Å². The molecule has 0 fully saturated rings. The van der Waals surface area contributed by atoms with E-state index >= 15 is 0 Å². The van der Waals surface area contributed by atoms with Gasteiger partial charge >= 0.3 is 12.4 Å². The highest BCUT2D eigenvalue weighted by Crippen LogP contribution is 2.41. The molecule has 0 radical (unpaired) electrons. The fourth-order valence-electron chi connectivity index (χ4n) is 2.01. The van der Waals surface area contributed by atoms with Crippen LogP contribution in [-0.4, -0.2) is 12.2 Å². The first-order chi connectivity index (χ1) is 8.19. The molecule has 7 heteroatoms. The summed E-state index contributed by atoms with van der Waals surface area (Å²) < 4.78 is 75.6. The van der Waals surface area contributed by atoms with Gasteiger partial charge in [-0.2, -0.15) is 26.3 Å². The van der Waals surface area contributed by atoms with E-state index in [-0.39, 0.29) is 18.4 Å². The van der Waals surface area contributed by atoms with Crippen LogP contribution in [0, 0.1) is 0 Å². The number of para-hydroxylation sites is 1. The van der Waals surface area contributed by atoms with Crippen LogP contribution in [0.5, 0.6) is 0 Å². The quantitative estimate of drug-likeness (QED) is 0.702. The Kier molecular flexibility index (Phi) is 2.95. The monoisotopic (exact) mass is 269 g/mol. The van der Waals surface area contributed by atoms with Crippen LogP contribution in [0.3, 0.4) is 0 Å². The van der Waals surface area contributed by atoms with Gasteiger partial charge in [0, 0.05) is 0 Å². The summed E-state index contributed by atoms with van der Waals surface area (Å²) in [5.74, 6) is 0. The highest BCUT2D eigenvalue weighted by molar-refractivity contribution is 5.61. The third-order valence-electron chi connectivity index (χ3n) is 2.87. The molecule has 1 atom stereocenters. The number of benzene rings is 1. The summed E-state index contributed by atoms with van der Waals surface area (Å²) in [5, 5.41) is 1.97. The third kappa shape index (κ3) is 2.39. The Morgan fingerprint density at radius 3 is 2.28 bits per heavy atom. The third-order valence-corrected chi connectivity index (χ3v) is 2.87. The molecule has 0 bridgehead atoms. The van der Waals surface area contributed by atoms with E-state index in [1.54, 1.807) is 0 Å². The lowest BCUT2D eigenvalue weighted by Gasteiger charge is -2.30. The number of halogens is 6. The molecular formula is C11H9F6N. The van der Waals surface area contributed by atoms with E-state index in [1.807, 2.05) is 5.32 Å². The summed E-state index contributed by atoms with van der Waals surface area (Å²) in [7, 11) is 0. The van der Waals surface area contributed by atoms with Gasteiger partial charge in [-0.15, -0.1) is 0 Å². The van der Waals surface area contributed by atoms with E-state index in [0.717, 1.165) is 6.07 Å². The van der Waals surface area contributed by atoms with Gasteiger partial charge in [0.15, 0.2) is 0 Å². The maximum absolute atomic E-state index is 12.7. The average Bonchev–Trinajstić information content (AvgIpc) is 2.25. The summed E-state index contributed by atoms with van der Waals surface area (Å²) in [4.78, 5) is 0. The molecule has 1 N–H and O–H groups in total. The van der Waals surface area contributed by atoms with Crippen LogP contribution in [-0.2, 0) is 12.6 Å². The van der Waals surface area contributed by atoms with Crippen molar-refractivity contribution >= 4 is 5.69 Å². The highest BCUT2D eigenvalue weighted by atomic mass is 19.4. The average molecular weight is 269 g/mol. The SMILES string of the molecule is FC(F)(F)c1cccc2c1NC(C(F)(F)F)CC2. The largest absolute Gasteiger partial charge is 0.418 e. The predicted molar refractivity (Wildman–Crippen MR) is 53.2 cm³/mol. The Labute approximate surface area is 98.8 Å². The van der Waals surface area contributed by atoms with Crippen molar-refractivity contribution in [3.63, 3.8) is 0 Å². The van der Waals surface area contributed by atoms with Crippen LogP contribution in [0.1, 0.15) is 17.5 Å². The number of rotatable bonds is 0.